The minimum Gasteiger partial charge on any atom is -0.743 e. The van der Waals surface area contributed by atoms with Gasteiger partial charge in [0, 0.05) is 0 Å². The summed E-state index contributed by atoms with van der Waals surface area (Å²) in [5.74, 6) is -14.8. The molecule has 0 radical (unpaired) electrons. The average molecular weight is 619 g/mol. The van der Waals surface area contributed by atoms with Gasteiger partial charge >= 0.3 is 23.3 Å². The third kappa shape index (κ3) is 6.95. The fourth-order valence-electron chi connectivity index (χ4n) is 3.13. The van der Waals surface area contributed by atoms with Crippen LogP contribution in [0.1, 0.15) is 26.3 Å². The van der Waals surface area contributed by atoms with Gasteiger partial charge in [0.1, 0.15) is 0 Å². The lowest BCUT2D eigenvalue weighted by atomic mass is 9.87. The van der Waals surface area contributed by atoms with Crippen LogP contribution < -0.4 is 0 Å². The largest absolute Gasteiger partial charge is 0.743 e. The van der Waals surface area contributed by atoms with Crippen LogP contribution in [0.15, 0.2) is 99.6 Å². The first-order valence-electron chi connectivity index (χ1n) is 11.2. The molecule has 3 aromatic rings. The summed E-state index contributed by atoms with van der Waals surface area (Å²) in [6, 6.07) is 30.7. The first kappa shape index (κ1) is 33.5. The van der Waals surface area contributed by atoms with Gasteiger partial charge in [-0.3, -0.25) is 0 Å². The third-order valence-corrected chi connectivity index (χ3v) is 8.46. The van der Waals surface area contributed by atoms with Crippen molar-refractivity contribution in [1.82, 2.24) is 0 Å². The van der Waals surface area contributed by atoms with E-state index in [9.17, 15) is 52.5 Å². The van der Waals surface area contributed by atoms with Gasteiger partial charge in [0.2, 0.25) is 0 Å². The van der Waals surface area contributed by atoms with Crippen LogP contribution in [0.25, 0.3) is 0 Å². The van der Waals surface area contributed by atoms with E-state index in [0.29, 0.717) is 0 Å². The summed E-state index contributed by atoms with van der Waals surface area (Å²) < 4.78 is 135. The molecule has 0 saturated heterocycles. The lowest BCUT2D eigenvalue weighted by Gasteiger charge is -2.34. The number of alkyl halides is 9. The highest BCUT2D eigenvalue weighted by atomic mass is 32.2. The topological polar surface area (TPSA) is 57.2 Å². The number of hydrogen-bond acceptors (Lipinski definition) is 3. The molecule has 0 amide bonds. The normalized spacial score (nSPS) is 13.6. The molecule has 0 aliphatic carbocycles. The zero-order chi connectivity index (χ0) is 30.8. The van der Waals surface area contributed by atoms with E-state index < -0.39 is 33.4 Å². The summed E-state index contributed by atoms with van der Waals surface area (Å²) in [6.45, 7) is 6.78. The van der Waals surface area contributed by atoms with Crippen LogP contribution in [0.2, 0.25) is 0 Å². The van der Waals surface area contributed by atoms with Gasteiger partial charge in [-0.25, -0.2) is 8.42 Å². The van der Waals surface area contributed by atoms with Gasteiger partial charge in [-0.15, -0.1) is 0 Å². The maximum absolute atomic E-state index is 12.2. The molecule has 0 aromatic heterocycles. The Hall–Kier alpha value is -2.71. The van der Waals surface area contributed by atoms with Crippen LogP contribution in [-0.2, 0) is 26.4 Å². The van der Waals surface area contributed by atoms with Crippen LogP contribution in [-0.4, -0.2) is 36.2 Å². The second-order valence-electron chi connectivity index (χ2n) is 9.32. The molecule has 0 aliphatic heterocycles. The molecule has 14 heteroatoms. The Morgan fingerprint density at radius 1 is 0.575 bits per heavy atom. The first-order chi connectivity index (χ1) is 18.1. The summed E-state index contributed by atoms with van der Waals surface area (Å²) >= 11 is 0. The Balaban J connectivity index is 0.000000296. The second-order valence-corrected chi connectivity index (χ2v) is 12.8. The molecule has 0 bridgehead atoms. The van der Waals surface area contributed by atoms with Gasteiger partial charge in [-0.05, 0) is 47.4 Å². The molecule has 0 heterocycles. The highest BCUT2D eigenvalue weighted by Crippen LogP contribution is 2.54. The van der Waals surface area contributed by atoms with Crippen molar-refractivity contribution in [3.8, 4) is 0 Å². The Morgan fingerprint density at radius 2 is 0.925 bits per heavy atom. The van der Waals surface area contributed by atoms with E-state index >= 15 is 0 Å². The Kier molecular flexibility index (Phi) is 9.75. The summed E-state index contributed by atoms with van der Waals surface area (Å²) in [5.41, 5.74) is 1.57. The van der Waals surface area contributed by atoms with Crippen molar-refractivity contribution in [2.45, 2.75) is 64.1 Å². The highest BCUT2D eigenvalue weighted by Gasteiger charge is 2.83. The summed E-state index contributed by atoms with van der Waals surface area (Å²) in [4.78, 5) is 4.10. The van der Waals surface area contributed by atoms with Crippen molar-refractivity contribution >= 4 is 21.0 Å². The lowest BCUT2D eigenvalue weighted by Crippen LogP contribution is -2.63. The Labute approximate surface area is 228 Å². The minimum absolute atomic E-state index is 0.0497. The SMILES string of the molecule is CC(C)(C)c1ccc([S+](c2ccccc2)c2ccccc2)cc1.O=S(=O)([O-])C(F)(F)C(F)(F)C(F)(F)C(F)(F)F. The summed E-state index contributed by atoms with van der Waals surface area (Å²) in [5, 5.41) is -7.11. The van der Waals surface area contributed by atoms with E-state index in [4.69, 9.17) is 0 Å². The van der Waals surface area contributed by atoms with Crippen LogP contribution in [0.5, 0.6) is 0 Å². The van der Waals surface area contributed by atoms with E-state index in [1.54, 1.807) is 0 Å². The van der Waals surface area contributed by atoms with Crippen LogP contribution in [0.4, 0.5) is 39.5 Å². The quantitative estimate of drug-likeness (QED) is 0.160. The predicted octanol–water partition coefficient (Wildman–Crippen LogP) is 8.04. The van der Waals surface area contributed by atoms with Crippen LogP contribution in [0.3, 0.4) is 0 Å². The highest BCUT2D eigenvalue weighted by molar-refractivity contribution is 7.97. The molecule has 0 unspecified atom stereocenters. The fraction of sp³-hybridized carbons (Fsp3) is 0.308. The third-order valence-electron chi connectivity index (χ3n) is 5.34. The minimum atomic E-state index is -7.43. The standard InChI is InChI=1S/C22H23S.C4HF9O3S/c1-22(2,3)18-14-16-21(17-15-18)23(19-10-6-4-7-11-19)20-12-8-5-9-13-20;5-1(6,3(9,10)11)2(7,8)4(12,13)17(14,15)16/h4-17H,1-3H3;(H,14,15,16)/q+1;/p-1. The Bertz CT molecular complexity index is 1320. The van der Waals surface area contributed by atoms with Gasteiger partial charge in [0.25, 0.3) is 0 Å². The number of rotatable bonds is 6. The maximum Gasteiger partial charge on any atom is 0.460 e. The van der Waals surface area contributed by atoms with Crippen molar-refractivity contribution in [2.75, 3.05) is 0 Å². The van der Waals surface area contributed by atoms with E-state index in [1.807, 2.05) is 0 Å². The number of benzene rings is 3. The molecule has 0 spiro atoms. The van der Waals surface area contributed by atoms with Gasteiger partial charge in [-0.2, -0.15) is 39.5 Å². The van der Waals surface area contributed by atoms with E-state index in [1.165, 1.54) is 20.2 Å². The molecule has 3 nitrogen and oxygen atoms in total. The van der Waals surface area contributed by atoms with E-state index in [-0.39, 0.29) is 16.3 Å². The van der Waals surface area contributed by atoms with Crippen molar-refractivity contribution < 1.29 is 52.5 Å². The van der Waals surface area contributed by atoms with Crippen molar-refractivity contribution in [2.24, 2.45) is 0 Å². The summed E-state index contributed by atoms with van der Waals surface area (Å²) in [6.07, 6.45) is -7.16. The predicted molar refractivity (Wildman–Crippen MR) is 131 cm³/mol. The molecule has 0 N–H and O–H groups in total. The lowest BCUT2D eigenvalue weighted by molar-refractivity contribution is -0.382. The fourth-order valence-corrected chi connectivity index (χ4v) is 5.66. The van der Waals surface area contributed by atoms with Crippen molar-refractivity contribution in [3.63, 3.8) is 0 Å². The monoisotopic (exact) mass is 618 g/mol. The molecule has 0 saturated carbocycles. The first-order valence-corrected chi connectivity index (χ1v) is 13.8. The molecule has 40 heavy (non-hydrogen) atoms. The molecular weight excluding hydrogens is 595 g/mol. The Morgan fingerprint density at radius 3 is 1.23 bits per heavy atom. The van der Waals surface area contributed by atoms with Crippen molar-refractivity contribution in [3.05, 3.63) is 90.5 Å². The van der Waals surface area contributed by atoms with Gasteiger partial charge in [0.15, 0.2) is 24.8 Å². The van der Waals surface area contributed by atoms with Crippen LogP contribution in [0, 0.1) is 0 Å². The van der Waals surface area contributed by atoms with E-state index in [0.717, 1.165) is 0 Å². The number of hydrogen-bond donors (Lipinski definition) is 0. The molecule has 3 aromatic carbocycles. The van der Waals surface area contributed by atoms with Gasteiger partial charge in [-0.1, -0.05) is 69.3 Å². The molecule has 0 atom stereocenters. The van der Waals surface area contributed by atoms with Crippen molar-refractivity contribution in [1.29, 1.82) is 0 Å². The van der Waals surface area contributed by atoms with Crippen LogP contribution >= 0.6 is 0 Å². The summed E-state index contributed by atoms with van der Waals surface area (Å²) in [7, 11) is -7.47. The zero-order valence-corrected chi connectivity index (χ0v) is 22.7. The maximum atomic E-state index is 12.2. The molecular formula is C26H23F9O3S2. The number of halogens is 9. The smallest absolute Gasteiger partial charge is 0.460 e. The van der Waals surface area contributed by atoms with E-state index in [2.05, 4.69) is 106 Å². The van der Waals surface area contributed by atoms with Gasteiger partial charge < -0.3 is 4.55 Å². The molecule has 0 aliphatic rings. The molecule has 3 rings (SSSR count). The van der Waals surface area contributed by atoms with Gasteiger partial charge in [0.05, 0.1) is 10.9 Å². The molecule has 220 valence electrons. The second kappa shape index (κ2) is 11.6. The zero-order valence-electron chi connectivity index (χ0n) is 21.0. The average Bonchev–Trinajstić information content (AvgIpc) is 2.84. The molecule has 0 fully saturated rings.